The second-order valence-corrected chi connectivity index (χ2v) is 4.31. The van der Waals surface area contributed by atoms with Gasteiger partial charge in [0.05, 0.1) is 6.04 Å². The molecule has 0 aliphatic heterocycles. The van der Waals surface area contributed by atoms with Crippen LogP contribution in [0.2, 0.25) is 0 Å². The van der Waals surface area contributed by atoms with Crippen LogP contribution in [0.3, 0.4) is 0 Å². The van der Waals surface area contributed by atoms with Crippen LogP contribution in [0.5, 0.6) is 0 Å². The molecule has 0 aromatic heterocycles. The molecule has 0 unspecified atom stereocenters. The molecule has 82 valence electrons. The lowest BCUT2D eigenvalue weighted by atomic mass is 10.1. The van der Waals surface area contributed by atoms with E-state index in [4.69, 9.17) is 5.73 Å². The van der Waals surface area contributed by atoms with Crippen molar-refractivity contribution in [1.82, 2.24) is 0 Å². The first kappa shape index (κ1) is 12.2. The Bertz CT molecular complexity index is 341. The molecular weight excluding hydrogens is 256 g/mol. The molecule has 15 heavy (non-hydrogen) atoms. The Morgan fingerprint density at radius 1 is 1.60 bits per heavy atom. The Kier molecular flexibility index (Phi) is 4.78. The Balaban J connectivity index is 2.58. The number of hydrogen-bond acceptors (Lipinski definition) is 2. The Hall–Kier alpha value is -0.870. The number of benzene rings is 1. The second kappa shape index (κ2) is 5.88. The molecule has 1 rings (SSSR count). The van der Waals surface area contributed by atoms with E-state index in [1.807, 2.05) is 31.2 Å². The smallest absolute Gasteiger partial charge is 0.241 e. The third-order valence-corrected chi connectivity index (χ3v) is 2.52. The molecule has 0 aliphatic rings. The van der Waals surface area contributed by atoms with E-state index in [2.05, 4.69) is 21.2 Å². The number of hydrogen-bond donors (Lipinski definition) is 2. The van der Waals surface area contributed by atoms with Crippen LogP contribution >= 0.6 is 15.9 Å². The first-order valence-electron chi connectivity index (χ1n) is 4.95. The zero-order valence-corrected chi connectivity index (χ0v) is 10.3. The summed E-state index contributed by atoms with van der Waals surface area (Å²) in [5.74, 6) is -0.130. The third kappa shape index (κ3) is 4.01. The van der Waals surface area contributed by atoms with Gasteiger partial charge in [0.2, 0.25) is 5.91 Å². The van der Waals surface area contributed by atoms with Crippen LogP contribution in [0.25, 0.3) is 0 Å². The van der Waals surface area contributed by atoms with Gasteiger partial charge in [0, 0.05) is 10.2 Å². The minimum atomic E-state index is -0.422. The van der Waals surface area contributed by atoms with Crippen LogP contribution in [0.4, 0.5) is 5.69 Å². The van der Waals surface area contributed by atoms with E-state index in [9.17, 15) is 4.79 Å². The molecule has 1 aromatic rings. The molecule has 0 heterocycles. The highest BCUT2D eigenvalue weighted by atomic mass is 79.9. The maximum absolute atomic E-state index is 11.6. The quantitative estimate of drug-likeness (QED) is 0.884. The standard InChI is InChI=1S/C11H15BrN2O/c1-2-4-10(13)11(15)14-9-6-3-5-8(12)7-9/h3,5-7,10H,2,4,13H2,1H3,(H,14,15)/t10-/m0/s1. The minimum Gasteiger partial charge on any atom is -0.325 e. The average Bonchev–Trinajstić information content (AvgIpc) is 2.18. The summed E-state index contributed by atoms with van der Waals surface area (Å²) in [6.07, 6.45) is 1.62. The summed E-state index contributed by atoms with van der Waals surface area (Å²) in [6.45, 7) is 2.01. The molecule has 0 saturated heterocycles. The normalized spacial score (nSPS) is 12.2. The third-order valence-electron chi connectivity index (χ3n) is 2.03. The largest absolute Gasteiger partial charge is 0.325 e. The molecule has 1 atom stereocenters. The van der Waals surface area contributed by atoms with Crippen molar-refractivity contribution >= 4 is 27.5 Å². The molecule has 1 amide bonds. The van der Waals surface area contributed by atoms with E-state index in [0.717, 1.165) is 16.6 Å². The predicted octanol–water partition coefficient (Wildman–Crippen LogP) is 2.52. The molecule has 0 fully saturated rings. The van der Waals surface area contributed by atoms with Crippen LogP contribution in [-0.4, -0.2) is 11.9 Å². The van der Waals surface area contributed by atoms with Crippen molar-refractivity contribution in [2.75, 3.05) is 5.32 Å². The SMILES string of the molecule is CCC[C@H](N)C(=O)Nc1cccc(Br)c1. The molecule has 0 bridgehead atoms. The van der Waals surface area contributed by atoms with Crippen LogP contribution in [0.15, 0.2) is 28.7 Å². The number of nitrogens with two attached hydrogens (primary N) is 1. The molecule has 3 N–H and O–H groups in total. The van der Waals surface area contributed by atoms with Crippen LogP contribution in [0.1, 0.15) is 19.8 Å². The summed E-state index contributed by atoms with van der Waals surface area (Å²) in [4.78, 5) is 11.6. The van der Waals surface area contributed by atoms with Gasteiger partial charge in [-0.25, -0.2) is 0 Å². The van der Waals surface area contributed by atoms with Crippen LogP contribution in [0, 0.1) is 0 Å². The molecule has 1 aromatic carbocycles. The van der Waals surface area contributed by atoms with Gasteiger partial charge in [0.25, 0.3) is 0 Å². The zero-order chi connectivity index (χ0) is 11.3. The monoisotopic (exact) mass is 270 g/mol. The van der Waals surface area contributed by atoms with Crippen molar-refractivity contribution in [3.63, 3.8) is 0 Å². The average molecular weight is 271 g/mol. The Morgan fingerprint density at radius 2 is 2.33 bits per heavy atom. The molecule has 4 heteroatoms. The van der Waals surface area contributed by atoms with E-state index in [-0.39, 0.29) is 5.91 Å². The van der Waals surface area contributed by atoms with Gasteiger partial charge in [0.15, 0.2) is 0 Å². The van der Waals surface area contributed by atoms with Crippen molar-refractivity contribution in [2.45, 2.75) is 25.8 Å². The molecular formula is C11H15BrN2O. The lowest BCUT2D eigenvalue weighted by molar-refractivity contribution is -0.117. The number of carbonyl (C=O) groups is 1. The summed E-state index contributed by atoms with van der Waals surface area (Å²) in [6, 6.07) is 7.03. The van der Waals surface area contributed by atoms with E-state index in [0.29, 0.717) is 6.42 Å². The van der Waals surface area contributed by atoms with Gasteiger partial charge in [-0.2, -0.15) is 0 Å². The van der Waals surface area contributed by atoms with E-state index < -0.39 is 6.04 Å². The van der Waals surface area contributed by atoms with Gasteiger partial charge in [-0.1, -0.05) is 35.3 Å². The van der Waals surface area contributed by atoms with Gasteiger partial charge in [-0.15, -0.1) is 0 Å². The Morgan fingerprint density at radius 3 is 2.93 bits per heavy atom. The lowest BCUT2D eigenvalue weighted by Gasteiger charge is -2.11. The number of anilines is 1. The highest BCUT2D eigenvalue weighted by molar-refractivity contribution is 9.10. The summed E-state index contributed by atoms with van der Waals surface area (Å²) in [5, 5.41) is 2.77. The van der Waals surface area contributed by atoms with Crippen molar-refractivity contribution in [3.8, 4) is 0 Å². The molecule has 0 radical (unpaired) electrons. The number of amides is 1. The van der Waals surface area contributed by atoms with E-state index in [1.54, 1.807) is 0 Å². The highest BCUT2D eigenvalue weighted by Crippen LogP contribution is 2.15. The summed E-state index contributed by atoms with van der Waals surface area (Å²) < 4.78 is 0.935. The summed E-state index contributed by atoms with van der Waals surface area (Å²) in [5.41, 5.74) is 6.45. The molecule has 0 spiro atoms. The fourth-order valence-corrected chi connectivity index (χ4v) is 1.64. The minimum absolute atomic E-state index is 0.130. The highest BCUT2D eigenvalue weighted by Gasteiger charge is 2.11. The van der Waals surface area contributed by atoms with E-state index in [1.165, 1.54) is 0 Å². The van der Waals surface area contributed by atoms with Crippen LogP contribution < -0.4 is 11.1 Å². The van der Waals surface area contributed by atoms with Crippen LogP contribution in [-0.2, 0) is 4.79 Å². The fourth-order valence-electron chi connectivity index (χ4n) is 1.24. The van der Waals surface area contributed by atoms with Gasteiger partial charge in [-0.05, 0) is 24.6 Å². The van der Waals surface area contributed by atoms with Gasteiger partial charge < -0.3 is 11.1 Å². The fraction of sp³-hybridized carbons (Fsp3) is 0.364. The Labute approximate surface area is 98.2 Å². The van der Waals surface area contributed by atoms with E-state index >= 15 is 0 Å². The van der Waals surface area contributed by atoms with Gasteiger partial charge in [-0.3, -0.25) is 4.79 Å². The lowest BCUT2D eigenvalue weighted by Crippen LogP contribution is -2.35. The van der Waals surface area contributed by atoms with Crippen molar-refractivity contribution in [1.29, 1.82) is 0 Å². The molecule has 0 aliphatic carbocycles. The summed E-state index contributed by atoms with van der Waals surface area (Å²) in [7, 11) is 0. The first-order valence-corrected chi connectivity index (χ1v) is 5.74. The zero-order valence-electron chi connectivity index (χ0n) is 8.66. The number of rotatable bonds is 4. The van der Waals surface area contributed by atoms with Crippen molar-refractivity contribution in [3.05, 3.63) is 28.7 Å². The second-order valence-electron chi connectivity index (χ2n) is 3.39. The first-order chi connectivity index (χ1) is 7.13. The predicted molar refractivity (Wildman–Crippen MR) is 65.7 cm³/mol. The van der Waals surface area contributed by atoms with Crippen molar-refractivity contribution < 1.29 is 4.79 Å². The number of carbonyl (C=O) groups excluding carboxylic acids is 1. The molecule has 3 nitrogen and oxygen atoms in total. The topological polar surface area (TPSA) is 55.1 Å². The van der Waals surface area contributed by atoms with Gasteiger partial charge in [0.1, 0.15) is 0 Å². The number of nitrogens with one attached hydrogen (secondary N) is 1. The maximum Gasteiger partial charge on any atom is 0.241 e. The number of halogens is 1. The van der Waals surface area contributed by atoms with Gasteiger partial charge >= 0.3 is 0 Å². The maximum atomic E-state index is 11.6. The molecule has 0 saturated carbocycles. The summed E-state index contributed by atoms with van der Waals surface area (Å²) >= 11 is 3.34. The van der Waals surface area contributed by atoms with Crippen molar-refractivity contribution in [2.24, 2.45) is 5.73 Å².